The molecule has 1 N–H and O–H groups in total. The van der Waals surface area contributed by atoms with Crippen molar-refractivity contribution in [1.29, 1.82) is 0 Å². The fraction of sp³-hybridized carbons (Fsp3) is 0.312. The Bertz CT molecular complexity index is 948. The number of urea groups is 1. The first-order valence-corrected chi connectivity index (χ1v) is 10.1. The summed E-state index contributed by atoms with van der Waals surface area (Å²) in [6.45, 7) is 2.26. The number of aromatic nitrogens is 2. The maximum absolute atomic E-state index is 12.6. The molecule has 1 aromatic heterocycles. The van der Waals surface area contributed by atoms with E-state index in [1.54, 1.807) is 13.1 Å². The van der Waals surface area contributed by atoms with E-state index >= 15 is 0 Å². The first-order valence-electron chi connectivity index (χ1n) is 8.07. The van der Waals surface area contributed by atoms with Crippen LogP contribution in [0.1, 0.15) is 10.6 Å². The average Bonchev–Trinajstić information content (AvgIpc) is 3.19. The summed E-state index contributed by atoms with van der Waals surface area (Å²) in [6.07, 6.45) is -0.592. The fourth-order valence-electron chi connectivity index (χ4n) is 2.96. The van der Waals surface area contributed by atoms with Crippen LogP contribution in [0.15, 0.2) is 33.6 Å². The van der Waals surface area contributed by atoms with Gasteiger partial charge in [-0.1, -0.05) is 41.1 Å². The van der Waals surface area contributed by atoms with Crippen LogP contribution in [-0.4, -0.2) is 56.4 Å². The molecule has 0 spiro atoms. The van der Waals surface area contributed by atoms with Crippen LogP contribution in [0.5, 0.6) is 0 Å². The number of likely N-dealkylation sites (N-methyl/N-ethyl adjacent to an activating group) is 1. The number of nitrogens with one attached hydrogen (secondary N) is 1. The summed E-state index contributed by atoms with van der Waals surface area (Å²) in [7, 11) is 1.62. The summed E-state index contributed by atoms with van der Waals surface area (Å²) in [6, 6.07) is 6.37. The molecule has 0 aliphatic carbocycles. The van der Waals surface area contributed by atoms with Crippen molar-refractivity contribution in [2.45, 2.75) is 30.0 Å². The first-order chi connectivity index (χ1) is 12.9. The van der Waals surface area contributed by atoms with E-state index in [2.05, 4.69) is 20.5 Å². The van der Waals surface area contributed by atoms with Gasteiger partial charge in [0.2, 0.25) is 0 Å². The normalized spacial score (nSPS) is 22.0. The van der Waals surface area contributed by atoms with Gasteiger partial charge in [0.1, 0.15) is 5.01 Å². The van der Waals surface area contributed by atoms with Crippen LogP contribution in [-0.2, 0) is 11.3 Å². The van der Waals surface area contributed by atoms with Gasteiger partial charge in [0, 0.05) is 18.6 Å². The van der Waals surface area contributed by atoms with Crippen LogP contribution in [0.4, 0.5) is 4.79 Å². The third-order valence-electron chi connectivity index (χ3n) is 4.31. The second-order valence-electron chi connectivity index (χ2n) is 6.08. The SMILES string of the molecule is Cc1nnc(SC2=NC3C(C(=O)NC(=O)N3C)N2Cc2ccccc2Cl)s1. The van der Waals surface area contributed by atoms with Crippen molar-refractivity contribution in [3.8, 4) is 0 Å². The van der Waals surface area contributed by atoms with E-state index < -0.39 is 18.2 Å². The van der Waals surface area contributed by atoms with Crippen LogP contribution in [0, 0.1) is 6.92 Å². The standard InChI is InChI=1S/C16H15ClN6O2S2/c1-8-20-21-16(26-8)27-15-18-12-11(13(24)19-14(25)22(12)2)23(15)7-9-5-3-4-6-10(9)17/h3-6,11-12H,7H2,1-2H3,(H,19,24,25). The smallest absolute Gasteiger partial charge is 0.325 e. The molecule has 2 atom stereocenters. The highest BCUT2D eigenvalue weighted by Crippen LogP contribution is 2.34. The molecular formula is C16H15ClN6O2S2. The van der Waals surface area contributed by atoms with Crippen molar-refractivity contribution < 1.29 is 9.59 Å². The predicted octanol–water partition coefficient (Wildman–Crippen LogP) is 2.34. The molecule has 2 aromatic rings. The lowest BCUT2D eigenvalue weighted by atomic mass is 10.1. The van der Waals surface area contributed by atoms with E-state index in [-0.39, 0.29) is 5.91 Å². The zero-order chi connectivity index (χ0) is 19.1. The van der Waals surface area contributed by atoms with Crippen LogP contribution >= 0.6 is 34.7 Å². The maximum atomic E-state index is 12.6. The number of halogens is 1. The molecule has 140 valence electrons. The highest BCUT2D eigenvalue weighted by Gasteiger charge is 2.48. The third kappa shape index (κ3) is 3.40. The predicted molar refractivity (Wildman–Crippen MR) is 104 cm³/mol. The Hall–Kier alpha value is -2.17. The van der Waals surface area contributed by atoms with Crippen LogP contribution in [0.25, 0.3) is 0 Å². The first kappa shape index (κ1) is 18.2. The number of carbonyl (C=O) groups is 2. The van der Waals surface area contributed by atoms with Crippen molar-refractivity contribution in [1.82, 2.24) is 25.3 Å². The summed E-state index contributed by atoms with van der Waals surface area (Å²) >= 11 is 9.10. The molecule has 3 amide bonds. The molecule has 2 unspecified atom stereocenters. The number of amides is 3. The van der Waals surface area contributed by atoms with Gasteiger partial charge in [0.05, 0.1) is 0 Å². The van der Waals surface area contributed by atoms with E-state index in [4.69, 9.17) is 11.6 Å². The number of amidine groups is 1. The number of hydrogen-bond acceptors (Lipinski definition) is 8. The van der Waals surface area contributed by atoms with Gasteiger partial charge in [-0.05, 0) is 30.3 Å². The zero-order valence-electron chi connectivity index (χ0n) is 14.4. The van der Waals surface area contributed by atoms with Gasteiger partial charge in [-0.3, -0.25) is 10.1 Å². The second-order valence-corrected chi connectivity index (χ2v) is 8.89. The number of rotatable bonds is 3. The van der Waals surface area contributed by atoms with Crippen LogP contribution < -0.4 is 5.32 Å². The summed E-state index contributed by atoms with van der Waals surface area (Å²) in [5, 5.41) is 12.6. The number of carbonyl (C=O) groups excluding carboxylic acids is 2. The largest absolute Gasteiger partial charge is 0.331 e. The van der Waals surface area contributed by atoms with Crippen molar-refractivity contribution in [3.05, 3.63) is 39.9 Å². The molecule has 3 heterocycles. The van der Waals surface area contributed by atoms with Gasteiger partial charge in [0.15, 0.2) is 21.7 Å². The molecule has 4 rings (SSSR count). The minimum atomic E-state index is -0.625. The van der Waals surface area contributed by atoms with Gasteiger partial charge in [-0.15, -0.1) is 10.2 Å². The number of fused-ring (bicyclic) bond motifs is 1. The van der Waals surface area contributed by atoms with Gasteiger partial charge < -0.3 is 9.80 Å². The molecule has 1 saturated heterocycles. The van der Waals surface area contributed by atoms with Gasteiger partial charge in [-0.25, -0.2) is 9.79 Å². The van der Waals surface area contributed by atoms with Crippen molar-refractivity contribution in [2.24, 2.45) is 4.99 Å². The molecule has 27 heavy (non-hydrogen) atoms. The Morgan fingerprint density at radius 3 is 2.78 bits per heavy atom. The lowest BCUT2D eigenvalue weighted by Gasteiger charge is -2.36. The van der Waals surface area contributed by atoms with Crippen molar-refractivity contribution in [3.63, 3.8) is 0 Å². The maximum Gasteiger partial charge on any atom is 0.325 e. The number of aryl methyl sites for hydroxylation is 1. The molecule has 2 aliphatic heterocycles. The molecular weight excluding hydrogens is 408 g/mol. The minimum Gasteiger partial charge on any atom is -0.331 e. The molecule has 11 heteroatoms. The number of imide groups is 1. The number of aliphatic imine (C=N–C) groups is 1. The van der Waals surface area contributed by atoms with Crippen LogP contribution in [0.3, 0.4) is 0 Å². The lowest BCUT2D eigenvalue weighted by Crippen LogP contribution is -2.63. The molecule has 1 aromatic carbocycles. The number of benzene rings is 1. The summed E-state index contributed by atoms with van der Waals surface area (Å²) < 4.78 is 0.725. The Kier molecular flexibility index (Phi) is 4.79. The Morgan fingerprint density at radius 2 is 2.07 bits per heavy atom. The Balaban J connectivity index is 1.69. The highest BCUT2D eigenvalue weighted by molar-refractivity contribution is 8.15. The summed E-state index contributed by atoms with van der Waals surface area (Å²) in [5.74, 6) is -0.372. The molecule has 2 aliphatic rings. The molecule has 8 nitrogen and oxygen atoms in total. The van der Waals surface area contributed by atoms with Crippen molar-refractivity contribution in [2.75, 3.05) is 7.05 Å². The molecule has 0 bridgehead atoms. The summed E-state index contributed by atoms with van der Waals surface area (Å²) in [5.41, 5.74) is 0.869. The molecule has 1 fully saturated rings. The van der Waals surface area contributed by atoms with Gasteiger partial charge >= 0.3 is 6.03 Å². The Labute approximate surface area is 168 Å². The van der Waals surface area contributed by atoms with E-state index in [9.17, 15) is 9.59 Å². The topological polar surface area (TPSA) is 90.8 Å². The number of thioether (sulfide) groups is 1. The number of nitrogens with zero attached hydrogens (tertiary/aromatic N) is 5. The fourth-order valence-corrected chi connectivity index (χ4v) is 5.02. The third-order valence-corrected chi connectivity index (χ3v) is 6.59. The van der Waals surface area contributed by atoms with Gasteiger partial charge in [0.25, 0.3) is 5.91 Å². The number of hydrogen-bond donors (Lipinski definition) is 1. The lowest BCUT2D eigenvalue weighted by molar-refractivity contribution is -0.127. The molecule has 0 saturated carbocycles. The highest BCUT2D eigenvalue weighted by atomic mass is 35.5. The average molecular weight is 423 g/mol. The minimum absolute atomic E-state index is 0.372. The van der Waals surface area contributed by atoms with E-state index in [0.717, 1.165) is 14.9 Å². The van der Waals surface area contributed by atoms with E-state index in [1.165, 1.54) is 28.0 Å². The van der Waals surface area contributed by atoms with Gasteiger partial charge in [-0.2, -0.15) is 0 Å². The van der Waals surface area contributed by atoms with Crippen molar-refractivity contribution >= 4 is 51.8 Å². The monoisotopic (exact) mass is 422 g/mol. The second kappa shape index (κ2) is 7.10. The van der Waals surface area contributed by atoms with Crippen LogP contribution in [0.2, 0.25) is 5.02 Å². The molecule has 0 radical (unpaired) electrons. The van der Waals surface area contributed by atoms with E-state index in [0.29, 0.717) is 16.7 Å². The zero-order valence-corrected chi connectivity index (χ0v) is 16.8. The van der Waals surface area contributed by atoms with E-state index in [1.807, 2.05) is 30.0 Å². The quantitative estimate of drug-likeness (QED) is 0.816. The Morgan fingerprint density at radius 1 is 1.30 bits per heavy atom. The summed E-state index contributed by atoms with van der Waals surface area (Å²) in [4.78, 5) is 32.5.